The molecule has 0 spiro atoms. The maximum absolute atomic E-state index is 12.9. The summed E-state index contributed by atoms with van der Waals surface area (Å²) in [6.45, 7) is 1.27. The predicted octanol–water partition coefficient (Wildman–Crippen LogP) is 5.54. The molecular formula is C26H25BrN2O4. The molecule has 1 unspecified atom stereocenters. The molecule has 1 N–H and O–H groups in total. The third-order valence-electron chi connectivity index (χ3n) is 5.46. The summed E-state index contributed by atoms with van der Waals surface area (Å²) < 4.78 is 12.1. The van der Waals surface area contributed by atoms with E-state index in [4.69, 9.17) is 9.47 Å². The Morgan fingerprint density at radius 1 is 1.06 bits per heavy atom. The van der Waals surface area contributed by atoms with E-state index in [1.54, 1.807) is 54.4 Å². The molecule has 0 bridgehead atoms. The van der Waals surface area contributed by atoms with Crippen molar-refractivity contribution in [3.8, 4) is 5.75 Å². The number of hydrogen-bond acceptors (Lipinski definition) is 4. The minimum absolute atomic E-state index is 0.121. The SMILES string of the molecule is CN(C(=O)c1cccc(NC(=O)c2ccc(OCC3CCCO3)c(Br)c2)c1)c1ccccc1. The van der Waals surface area contributed by atoms with E-state index in [0.29, 0.717) is 33.6 Å². The van der Waals surface area contributed by atoms with Crippen LogP contribution in [-0.2, 0) is 4.74 Å². The van der Waals surface area contributed by atoms with Crippen molar-refractivity contribution in [2.75, 3.05) is 30.5 Å². The number of amides is 2. The Hall–Kier alpha value is -3.16. The van der Waals surface area contributed by atoms with E-state index in [-0.39, 0.29) is 17.9 Å². The molecular weight excluding hydrogens is 484 g/mol. The fourth-order valence-corrected chi connectivity index (χ4v) is 4.11. The van der Waals surface area contributed by atoms with Gasteiger partial charge in [-0.05, 0) is 77.3 Å². The summed E-state index contributed by atoms with van der Waals surface area (Å²) >= 11 is 3.48. The van der Waals surface area contributed by atoms with Crippen molar-refractivity contribution in [2.45, 2.75) is 18.9 Å². The standard InChI is InChI=1S/C26H25BrN2O4/c1-29(21-9-3-2-4-10-21)26(31)19-7-5-8-20(15-19)28-25(30)18-12-13-24(23(27)16-18)33-17-22-11-6-14-32-22/h2-5,7-10,12-13,15-16,22H,6,11,14,17H2,1H3,(H,28,30). The highest BCUT2D eigenvalue weighted by Crippen LogP contribution is 2.27. The maximum Gasteiger partial charge on any atom is 0.258 e. The van der Waals surface area contributed by atoms with Crippen LogP contribution < -0.4 is 15.0 Å². The van der Waals surface area contributed by atoms with Gasteiger partial charge in [0.15, 0.2) is 0 Å². The van der Waals surface area contributed by atoms with Gasteiger partial charge >= 0.3 is 0 Å². The third kappa shape index (κ3) is 5.80. The fourth-order valence-electron chi connectivity index (χ4n) is 3.61. The predicted molar refractivity (Wildman–Crippen MR) is 132 cm³/mol. The van der Waals surface area contributed by atoms with E-state index in [0.717, 1.165) is 25.1 Å². The number of nitrogens with zero attached hydrogens (tertiary/aromatic N) is 1. The summed E-state index contributed by atoms with van der Waals surface area (Å²) in [7, 11) is 1.73. The summed E-state index contributed by atoms with van der Waals surface area (Å²) in [6.07, 6.45) is 2.18. The van der Waals surface area contributed by atoms with E-state index in [1.807, 2.05) is 30.3 Å². The van der Waals surface area contributed by atoms with Crippen LogP contribution in [0.3, 0.4) is 0 Å². The average molecular weight is 509 g/mol. The van der Waals surface area contributed by atoms with Crippen LogP contribution in [0, 0.1) is 0 Å². The van der Waals surface area contributed by atoms with E-state index in [1.165, 1.54) is 0 Å². The second kappa shape index (κ2) is 10.6. The monoisotopic (exact) mass is 508 g/mol. The molecule has 3 aromatic carbocycles. The molecule has 1 aliphatic rings. The molecule has 1 aliphatic heterocycles. The number of halogens is 1. The molecule has 1 saturated heterocycles. The number of ether oxygens (including phenoxy) is 2. The van der Waals surface area contributed by atoms with Crippen molar-refractivity contribution in [3.63, 3.8) is 0 Å². The third-order valence-corrected chi connectivity index (χ3v) is 6.08. The first-order valence-corrected chi connectivity index (χ1v) is 11.6. The molecule has 0 aromatic heterocycles. The number of hydrogen-bond donors (Lipinski definition) is 1. The molecule has 4 rings (SSSR count). The number of carbonyl (C=O) groups excluding carboxylic acids is 2. The van der Waals surface area contributed by atoms with Crippen LogP contribution in [0.2, 0.25) is 0 Å². The molecule has 1 heterocycles. The molecule has 6 nitrogen and oxygen atoms in total. The molecule has 0 aliphatic carbocycles. The first kappa shape index (κ1) is 23.0. The van der Waals surface area contributed by atoms with E-state index in [2.05, 4.69) is 21.2 Å². The normalized spacial score (nSPS) is 15.2. The summed E-state index contributed by atoms with van der Waals surface area (Å²) in [5, 5.41) is 2.86. The summed E-state index contributed by atoms with van der Waals surface area (Å²) in [5.74, 6) is 0.230. The van der Waals surface area contributed by atoms with Crippen molar-refractivity contribution < 1.29 is 19.1 Å². The Morgan fingerprint density at radius 3 is 2.61 bits per heavy atom. The lowest BCUT2D eigenvalue weighted by molar-refractivity contribution is 0.0677. The van der Waals surface area contributed by atoms with E-state index < -0.39 is 0 Å². The van der Waals surface area contributed by atoms with Crippen molar-refractivity contribution >= 4 is 39.1 Å². The molecule has 1 fully saturated rings. The first-order chi connectivity index (χ1) is 16.0. The van der Waals surface area contributed by atoms with Gasteiger partial charge in [0, 0.05) is 36.2 Å². The lowest BCUT2D eigenvalue weighted by atomic mass is 10.1. The zero-order chi connectivity index (χ0) is 23.2. The van der Waals surface area contributed by atoms with Crippen molar-refractivity contribution in [1.29, 1.82) is 0 Å². The molecule has 0 radical (unpaired) electrons. The zero-order valence-electron chi connectivity index (χ0n) is 18.3. The Kier molecular flexibility index (Phi) is 7.42. The molecule has 170 valence electrons. The smallest absolute Gasteiger partial charge is 0.258 e. The quantitative estimate of drug-likeness (QED) is 0.455. The number of nitrogens with one attached hydrogen (secondary N) is 1. The van der Waals surface area contributed by atoms with Crippen molar-refractivity contribution in [3.05, 3.63) is 88.4 Å². The Bertz CT molecular complexity index is 1130. The second-order valence-electron chi connectivity index (χ2n) is 7.83. The van der Waals surface area contributed by atoms with E-state index in [9.17, 15) is 9.59 Å². The molecule has 1 atom stereocenters. The van der Waals surface area contributed by atoms with Gasteiger partial charge in [0.25, 0.3) is 11.8 Å². The van der Waals surface area contributed by atoms with Crippen LogP contribution in [0.5, 0.6) is 5.75 Å². The molecule has 0 saturated carbocycles. The summed E-state index contributed by atoms with van der Waals surface area (Å²) in [4.78, 5) is 27.2. The molecule has 7 heteroatoms. The second-order valence-corrected chi connectivity index (χ2v) is 8.68. The van der Waals surface area contributed by atoms with Gasteiger partial charge in [0.1, 0.15) is 12.4 Å². The van der Waals surface area contributed by atoms with E-state index >= 15 is 0 Å². The number of carbonyl (C=O) groups is 2. The maximum atomic E-state index is 12.9. The van der Waals surface area contributed by atoms with Crippen LogP contribution >= 0.6 is 15.9 Å². The minimum Gasteiger partial charge on any atom is -0.490 e. The zero-order valence-corrected chi connectivity index (χ0v) is 19.9. The number of rotatable bonds is 7. The number of benzene rings is 3. The topological polar surface area (TPSA) is 67.9 Å². The highest BCUT2D eigenvalue weighted by atomic mass is 79.9. The van der Waals surface area contributed by atoms with Crippen molar-refractivity contribution in [1.82, 2.24) is 0 Å². The minimum atomic E-state index is -0.276. The lowest BCUT2D eigenvalue weighted by Gasteiger charge is -2.18. The van der Waals surface area contributed by atoms with Gasteiger partial charge in [-0.25, -0.2) is 0 Å². The summed E-state index contributed by atoms with van der Waals surface area (Å²) in [6, 6.07) is 21.5. The average Bonchev–Trinajstić information content (AvgIpc) is 3.37. The number of anilines is 2. The van der Waals surface area contributed by atoms with Gasteiger partial charge in [-0.15, -0.1) is 0 Å². The largest absolute Gasteiger partial charge is 0.490 e. The highest BCUT2D eigenvalue weighted by Gasteiger charge is 2.18. The first-order valence-electron chi connectivity index (χ1n) is 10.8. The van der Waals surface area contributed by atoms with Gasteiger partial charge in [0.2, 0.25) is 0 Å². The number of para-hydroxylation sites is 1. The Balaban J connectivity index is 1.41. The van der Waals surface area contributed by atoms with Gasteiger partial charge in [0.05, 0.1) is 10.6 Å². The van der Waals surface area contributed by atoms with Gasteiger partial charge in [-0.1, -0.05) is 24.3 Å². The van der Waals surface area contributed by atoms with Gasteiger partial charge in [-0.3, -0.25) is 9.59 Å². The van der Waals surface area contributed by atoms with Gasteiger partial charge in [-0.2, -0.15) is 0 Å². The Morgan fingerprint density at radius 2 is 1.88 bits per heavy atom. The Labute approximate surface area is 201 Å². The van der Waals surface area contributed by atoms with Crippen LogP contribution in [-0.4, -0.2) is 38.2 Å². The van der Waals surface area contributed by atoms with Crippen molar-refractivity contribution in [2.24, 2.45) is 0 Å². The van der Waals surface area contributed by atoms with Crippen LogP contribution in [0.15, 0.2) is 77.3 Å². The summed E-state index contributed by atoms with van der Waals surface area (Å²) in [5.41, 5.74) is 2.30. The van der Waals surface area contributed by atoms with Crippen LogP contribution in [0.25, 0.3) is 0 Å². The van der Waals surface area contributed by atoms with Crippen LogP contribution in [0.4, 0.5) is 11.4 Å². The van der Waals surface area contributed by atoms with Gasteiger partial charge < -0.3 is 19.7 Å². The molecule has 2 amide bonds. The highest BCUT2D eigenvalue weighted by molar-refractivity contribution is 9.10. The fraction of sp³-hybridized carbons (Fsp3) is 0.231. The molecule has 33 heavy (non-hydrogen) atoms. The molecule has 3 aromatic rings. The lowest BCUT2D eigenvalue weighted by Crippen LogP contribution is -2.26. The van der Waals surface area contributed by atoms with Crippen LogP contribution in [0.1, 0.15) is 33.6 Å².